The molecule has 3 aromatic rings. The molecule has 1 aliphatic rings. The first-order valence-corrected chi connectivity index (χ1v) is 10.8. The molecule has 142 valence electrons. The van der Waals surface area contributed by atoms with E-state index in [0.717, 1.165) is 54.9 Å². The Balaban J connectivity index is 1.60. The van der Waals surface area contributed by atoms with Crippen molar-refractivity contribution >= 4 is 21.6 Å². The lowest BCUT2D eigenvalue weighted by atomic mass is 9.98. The standard InChI is InChI=1S/C22H27N3OS/c1-4-14(2)11-18-15(3)27-22-20(18)21(26)23-19(24-22)13-25-10-9-16-7-5-6-8-17(16)12-25/h5-8,14H,4,9-13H2,1-3H3,(H,23,24,26)/p+1/t14-/m1/s1. The van der Waals surface area contributed by atoms with Crippen LogP contribution in [0.2, 0.25) is 0 Å². The van der Waals surface area contributed by atoms with Crippen molar-refractivity contribution in [3.05, 3.63) is 62.0 Å². The molecule has 1 aliphatic heterocycles. The molecule has 2 N–H and O–H groups in total. The lowest BCUT2D eigenvalue weighted by Gasteiger charge is -2.25. The van der Waals surface area contributed by atoms with Crippen molar-refractivity contribution in [1.82, 2.24) is 9.97 Å². The van der Waals surface area contributed by atoms with Gasteiger partial charge in [-0.05, 0) is 30.4 Å². The van der Waals surface area contributed by atoms with Crippen LogP contribution in [-0.4, -0.2) is 16.5 Å². The highest BCUT2D eigenvalue weighted by Gasteiger charge is 2.22. The Morgan fingerprint density at radius 3 is 2.85 bits per heavy atom. The summed E-state index contributed by atoms with van der Waals surface area (Å²) in [6, 6.07) is 8.68. The minimum atomic E-state index is 0.0365. The number of rotatable bonds is 5. The fraction of sp³-hybridized carbons (Fsp3) is 0.455. The maximum atomic E-state index is 12.8. The molecule has 1 aromatic carbocycles. The van der Waals surface area contributed by atoms with Gasteiger partial charge < -0.3 is 9.88 Å². The van der Waals surface area contributed by atoms with Crippen LogP contribution in [0.15, 0.2) is 29.1 Å². The number of aryl methyl sites for hydroxylation is 1. The van der Waals surface area contributed by atoms with Crippen molar-refractivity contribution in [3.8, 4) is 0 Å². The number of thiophene rings is 1. The molecule has 2 atom stereocenters. The highest BCUT2D eigenvalue weighted by molar-refractivity contribution is 7.18. The molecule has 0 spiro atoms. The monoisotopic (exact) mass is 382 g/mol. The number of benzene rings is 1. The summed E-state index contributed by atoms with van der Waals surface area (Å²) in [5, 5.41) is 0.820. The second-order valence-corrected chi connectivity index (χ2v) is 9.12. The van der Waals surface area contributed by atoms with E-state index in [1.807, 2.05) is 0 Å². The predicted molar refractivity (Wildman–Crippen MR) is 112 cm³/mol. The summed E-state index contributed by atoms with van der Waals surface area (Å²) in [6.45, 7) is 9.43. The van der Waals surface area contributed by atoms with Crippen molar-refractivity contribution in [2.45, 2.75) is 53.1 Å². The zero-order valence-electron chi connectivity index (χ0n) is 16.4. The molecule has 0 aliphatic carbocycles. The summed E-state index contributed by atoms with van der Waals surface area (Å²) in [4.78, 5) is 24.4. The quantitative estimate of drug-likeness (QED) is 0.713. The van der Waals surface area contributed by atoms with E-state index in [9.17, 15) is 4.79 Å². The van der Waals surface area contributed by atoms with Crippen LogP contribution in [0, 0.1) is 12.8 Å². The second kappa shape index (κ2) is 7.56. The van der Waals surface area contributed by atoms with Gasteiger partial charge in [0.05, 0.1) is 11.9 Å². The van der Waals surface area contributed by atoms with Crippen LogP contribution < -0.4 is 10.5 Å². The van der Waals surface area contributed by atoms with Gasteiger partial charge in [0.25, 0.3) is 5.56 Å². The average molecular weight is 383 g/mol. The minimum Gasteiger partial charge on any atom is -0.325 e. The number of quaternary nitrogens is 1. The Labute approximate surface area is 164 Å². The molecule has 4 rings (SSSR count). The van der Waals surface area contributed by atoms with Crippen LogP contribution in [0.1, 0.15) is 47.7 Å². The van der Waals surface area contributed by atoms with Crippen molar-refractivity contribution in [1.29, 1.82) is 0 Å². The highest BCUT2D eigenvalue weighted by Crippen LogP contribution is 2.29. The lowest BCUT2D eigenvalue weighted by molar-refractivity contribution is -0.930. The van der Waals surface area contributed by atoms with E-state index in [-0.39, 0.29) is 5.56 Å². The molecular weight excluding hydrogens is 354 g/mol. The van der Waals surface area contributed by atoms with Gasteiger partial charge in [-0.15, -0.1) is 11.3 Å². The lowest BCUT2D eigenvalue weighted by Crippen LogP contribution is -3.10. The van der Waals surface area contributed by atoms with Crippen molar-refractivity contribution in [2.75, 3.05) is 6.54 Å². The number of aromatic amines is 1. The van der Waals surface area contributed by atoms with Gasteiger partial charge in [0.2, 0.25) is 0 Å². The van der Waals surface area contributed by atoms with Gasteiger partial charge in [-0.25, -0.2) is 4.98 Å². The first-order chi connectivity index (χ1) is 13.0. The second-order valence-electron chi connectivity index (χ2n) is 7.92. The molecule has 0 fully saturated rings. The predicted octanol–water partition coefficient (Wildman–Crippen LogP) is 3.02. The number of nitrogens with zero attached hydrogens (tertiary/aromatic N) is 1. The van der Waals surface area contributed by atoms with E-state index in [1.165, 1.54) is 26.5 Å². The zero-order valence-corrected chi connectivity index (χ0v) is 17.2. The van der Waals surface area contributed by atoms with Gasteiger partial charge in [0.1, 0.15) is 17.9 Å². The maximum Gasteiger partial charge on any atom is 0.260 e. The van der Waals surface area contributed by atoms with E-state index in [0.29, 0.717) is 5.92 Å². The third-order valence-electron chi connectivity index (χ3n) is 5.89. The highest BCUT2D eigenvalue weighted by atomic mass is 32.1. The molecular formula is C22H28N3OS+. The van der Waals surface area contributed by atoms with Gasteiger partial charge in [-0.3, -0.25) is 4.79 Å². The summed E-state index contributed by atoms with van der Waals surface area (Å²) in [6.07, 6.45) is 3.18. The zero-order chi connectivity index (χ0) is 19.0. The SMILES string of the molecule is CC[C@@H](C)Cc1c(C)sc2nc(C[NH+]3CCc4ccccc4C3)[nH]c(=O)c12. The fourth-order valence-corrected chi connectivity index (χ4v) is 5.15. The van der Waals surface area contributed by atoms with Crippen LogP contribution in [-0.2, 0) is 25.9 Å². The Bertz CT molecular complexity index is 1020. The Morgan fingerprint density at radius 1 is 1.30 bits per heavy atom. The van der Waals surface area contributed by atoms with Crippen LogP contribution in [0.25, 0.3) is 10.2 Å². The van der Waals surface area contributed by atoms with E-state index in [2.05, 4.69) is 50.0 Å². The maximum absolute atomic E-state index is 12.8. The molecule has 3 heterocycles. The summed E-state index contributed by atoms with van der Waals surface area (Å²) < 4.78 is 0. The molecule has 0 amide bonds. The molecule has 0 saturated heterocycles. The Kier molecular flexibility index (Phi) is 5.15. The largest absolute Gasteiger partial charge is 0.325 e. The third-order valence-corrected chi connectivity index (χ3v) is 6.93. The van der Waals surface area contributed by atoms with Gasteiger partial charge >= 0.3 is 0 Å². The van der Waals surface area contributed by atoms with E-state index < -0.39 is 0 Å². The number of H-pyrrole nitrogens is 1. The number of aromatic nitrogens is 2. The number of fused-ring (bicyclic) bond motifs is 2. The van der Waals surface area contributed by atoms with E-state index in [4.69, 9.17) is 4.98 Å². The normalized spacial score (nSPS) is 17.8. The molecule has 1 unspecified atom stereocenters. The summed E-state index contributed by atoms with van der Waals surface area (Å²) in [5.41, 5.74) is 4.12. The first-order valence-electron chi connectivity index (χ1n) is 9.96. The third kappa shape index (κ3) is 3.71. The van der Waals surface area contributed by atoms with Gasteiger partial charge in [-0.2, -0.15) is 0 Å². The van der Waals surface area contributed by atoms with Crippen LogP contribution >= 0.6 is 11.3 Å². The molecule has 0 bridgehead atoms. The minimum absolute atomic E-state index is 0.0365. The summed E-state index contributed by atoms with van der Waals surface area (Å²) >= 11 is 1.67. The topological polar surface area (TPSA) is 50.2 Å². The molecule has 2 aromatic heterocycles. The van der Waals surface area contributed by atoms with Gasteiger partial charge in [0.15, 0.2) is 5.82 Å². The Morgan fingerprint density at radius 2 is 2.07 bits per heavy atom. The van der Waals surface area contributed by atoms with Crippen LogP contribution in [0.5, 0.6) is 0 Å². The van der Waals surface area contributed by atoms with Crippen molar-refractivity contribution in [2.24, 2.45) is 5.92 Å². The van der Waals surface area contributed by atoms with Crippen molar-refractivity contribution < 1.29 is 4.90 Å². The number of nitrogens with one attached hydrogen (secondary N) is 2. The molecule has 0 saturated carbocycles. The average Bonchev–Trinajstić information content (AvgIpc) is 2.97. The van der Waals surface area contributed by atoms with Gasteiger partial charge in [-0.1, -0.05) is 44.5 Å². The summed E-state index contributed by atoms with van der Waals surface area (Å²) in [5.74, 6) is 1.40. The molecule has 5 heteroatoms. The smallest absolute Gasteiger partial charge is 0.260 e. The summed E-state index contributed by atoms with van der Waals surface area (Å²) in [7, 11) is 0. The van der Waals surface area contributed by atoms with Crippen LogP contribution in [0.4, 0.5) is 0 Å². The fourth-order valence-electron chi connectivity index (χ4n) is 4.07. The molecule has 27 heavy (non-hydrogen) atoms. The van der Waals surface area contributed by atoms with E-state index >= 15 is 0 Å². The van der Waals surface area contributed by atoms with Crippen molar-refractivity contribution in [3.63, 3.8) is 0 Å². The van der Waals surface area contributed by atoms with Crippen LogP contribution in [0.3, 0.4) is 0 Å². The number of hydrogen-bond donors (Lipinski definition) is 2. The molecule has 4 nitrogen and oxygen atoms in total. The molecule has 0 radical (unpaired) electrons. The van der Waals surface area contributed by atoms with E-state index in [1.54, 1.807) is 11.3 Å². The number of hydrogen-bond acceptors (Lipinski definition) is 3. The Hall–Kier alpha value is -1.98. The first kappa shape index (κ1) is 18.4. The van der Waals surface area contributed by atoms with Gasteiger partial charge in [0, 0.05) is 16.9 Å².